The van der Waals surface area contributed by atoms with Gasteiger partial charge >= 0.3 is 0 Å². The van der Waals surface area contributed by atoms with Gasteiger partial charge in [0.1, 0.15) is 0 Å². The van der Waals surface area contributed by atoms with Crippen molar-refractivity contribution >= 4 is 5.91 Å². The van der Waals surface area contributed by atoms with E-state index in [0.29, 0.717) is 24.8 Å². The first-order valence-corrected chi connectivity index (χ1v) is 10.0. The molecule has 1 amide bonds. The quantitative estimate of drug-likeness (QED) is 0.789. The Balaban J connectivity index is 1.47. The highest BCUT2D eigenvalue weighted by atomic mass is 16.5. The Morgan fingerprint density at radius 1 is 1.18 bits per heavy atom. The van der Waals surface area contributed by atoms with Crippen LogP contribution in [0.15, 0.2) is 28.8 Å². The zero-order valence-corrected chi connectivity index (χ0v) is 17.4. The minimum absolute atomic E-state index is 0.0973. The summed E-state index contributed by atoms with van der Waals surface area (Å²) in [6, 6.07) is 8.04. The third-order valence-electron chi connectivity index (χ3n) is 5.41. The summed E-state index contributed by atoms with van der Waals surface area (Å²) in [5, 5.41) is 7.23. The lowest BCUT2D eigenvalue weighted by molar-refractivity contribution is -0.124. The van der Waals surface area contributed by atoms with Gasteiger partial charge in [-0.05, 0) is 32.8 Å². The molecule has 0 bridgehead atoms. The highest BCUT2D eigenvalue weighted by Crippen LogP contribution is 2.20. The van der Waals surface area contributed by atoms with Crippen LogP contribution in [0.5, 0.6) is 0 Å². The van der Waals surface area contributed by atoms with Crippen molar-refractivity contribution in [2.45, 2.75) is 46.2 Å². The first-order chi connectivity index (χ1) is 13.4. The maximum absolute atomic E-state index is 12.2. The van der Waals surface area contributed by atoms with Crippen LogP contribution >= 0.6 is 0 Å². The molecule has 1 N–H and O–H groups in total. The predicted octanol–water partition coefficient (Wildman–Crippen LogP) is 2.47. The fourth-order valence-corrected chi connectivity index (χ4v) is 3.26. The van der Waals surface area contributed by atoms with Gasteiger partial charge in [0.05, 0.1) is 13.1 Å². The second-order valence-electron chi connectivity index (χ2n) is 8.16. The lowest BCUT2D eigenvalue weighted by atomic mass is 10.0. The summed E-state index contributed by atoms with van der Waals surface area (Å²) >= 11 is 0. The van der Waals surface area contributed by atoms with Crippen molar-refractivity contribution < 1.29 is 9.32 Å². The van der Waals surface area contributed by atoms with Gasteiger partial charge < -0.3 is 9.84 Å². The lowest BCUT2D eigenvalue weighted by Gasteiger charge is -2.34. The fraction of sp³-hybridized carbons (Fsp3) is 0.571. The maximum atomic E-state index is 12.2. The topological polar surface area (TPSA) is 74.5 Å². The monoisotopic (exact) mass is 385 g/mol. The largest absolute Gasteiger partial charge is 0.350 e. The first kappa shape index (κ1) is 20.5. The van der Waals surface area contributed by atoms with Gasteiger partial charge in [-0.3, -0.25) is 14.6 Å². The molecule has 1 fully saturated rings. The summed E-state index contributed by atoms with van der Waals surface area (Å²) in [5.41, 5.74) is 1.99. The molecule has 0 unspecified atom stereocenters. The molecule has 2 heterocycles. The average molecular weight is 386 g/mol. The zero-order valence-electron chi connectivity index (χ0n) is 17.4. The molecule has 0 saturated carbocycles. The predicted molar refractivity (Wildman–Crippen MR) is 109 cm³/mol. The number of hydrogen-bond donors (Lipinski definition) is 1. The highest BCUT2D eigenvalue weighted by Gasteiger charge is 2.23. The van der Waals surface area contributed by atoms with E-state index >= 15 is 0 Å². The van der Waals surface area contributed by atoms with Crippen molar-refractivity contribution in [3.63, 3.8) is 0 Å². The van der Waals surface area contributed by atoms with Gasteiger partial charge in [-0.1, -0.05) is 36.3 Å². The number of amides is 1. The summed E-state index contributed by atoms with van der Waals surface area (Å²) in [7, 11) is 0. The number of carbonyl (C=O) groups excluding carboxylic acids is 1. The van der Waals surface area contributed by atoms with Gasteiger partial charge in [0.25, 0.3) is 0 Å². The number of nitrogens with zero attached hydrogens (tertiary/aromatic N) is 4. The lowest BCUT2D eigenvalue weighted by Crippen LogP contribution is -2.52. The summed E-state index contributed by atoms with van der Waals surface area (Å²) in [5.74, 6) is 1.37. The normalized spacial score (nSPS) is 16.3. The molecule has 7 nitrogen and oxygen atoms in total. The van der Waals surface area contributed by atoms with E-state index in [0.717, 1.165) is 43.7 Å². The number of carbonyl (C=O) groups is 1. The van der Waals surface area contributed by atoms with Gasteiger partial charge in [0.2, 0.25) is 17.6 Å². The second-order valence-corrected chi connectivity index (χ2v) is 8.16. The molecule has 1 aliphatic rings. The highest BCUT2D eigenvalue weighted by molar-refractivity contribution is 5.78. The molecule has 0 radical (unpaired) electrons. The van der Waals surface area contributed by atoms with Gasteiger partial charge in [-0.25, -0.2) is 0 Å². The van der Waals surface area contributed by atoms with E-state index in [1.165, 1.54) is 0 Å². The van der Waals surface area contributed by atoms with E-state index in [4.69, 9.17) is 4.52 Å². The van der Waals surface area contributed by atoms with Crippen LogP contribution in [-0.4, -0.2) is 64.1 Å². The van der Waals surface area contributed by atoms with E-state index in [1.807, 2.05) is 31.2 Å². The van der Waals surface area contributed by atoms with Gasteiger partial charge in [0, 0.05) is 37.3 Å². The number of nitrogens with one attached hydrogen (secondary N) is 1. The number of rotatable bonds is 7. The van der Waals surface area contributed by atoms with E-state index in [1.54, 1.807) is 0 Å². The number of benzene rings is 1. The van der Waals surface area contributed by atoms with Gasteiger partial charge in [-0.15, -0.1) is 0 Å². The van der Waals surface area contributed by atoms with Crippen molar-refractivity contribution in [3.05, 3.63) is 35.7 Å². The third kappa shape index (κ3) is 5.39. The van der Waals surface area contributed by atoms with Crippen LogP contribution in [0.4, 0.5) is 0 Å². The Labute approximate surface area is 167 Å². The Hall–Kier alpha value is -2.25. The van der Waals surface area contributed by atoms with Crippen molar-refractivity contribution in [2.24, 2.45) is 0 Å². The Morgan fingerprint density at radius 2 is 1.86 bits per heavy atom. The van der Waals surface area contributed by atoms with Gasteiger partial charge in [0.15, 0.2) is 0 Å². The summed E-state index contributed by atoms with van der Waals surface area (Å²) in [6.45, 7) is 12.8. The van der Waals surface area contributed by atoms with E-state index in [2.05, 4.69) is 46.0 Å². The standard InChI is InChI=1S/C21H31N5O2/c1-5-21(3,4)23-18(27)14-25-10-12-26(13-11-25)15-19-22-20(24-28-19)17-9-7-6-8-16(17)2/h6-9H,5,10-15H2,1-4H3,(H,23,27). The molecule has 1 aromatic heterocycles. The molecule has 1 aliphatic heterocycles. The third-order valence-corrected chi connectivity index (χ3v) is 5.41. The molecule has 152 valence electrons. The minimum Gasteiger partial charge on any atom is -0.350 e. The summed E-state index contributed by atoms with van der Waals surface area (Å²) in [6.07, 6.45) is 0.918. The molecule has 2 aromatic rings. The fourth-order valence-electron chi connectivity index (χ4n) is 3.26. The molecular weight excluding hydrogens is 354 g/mol. The van der Waals surface area contributed by atoms with E-state index in [-0.39, 0.29) is 11.4 Å². The van der Waals surface area contributed by atoms with Gasteiger partial charge in [-0.2, -0.15) is 4.98 Å². The Bertz CT molecular complexity index is 794. The van der Waals surface area contributed by atoms with Crippen LogP contribution in [0.2, 0.25) is 0 Å². The number of hydrogen-bond acceptors (Lipinski definition) is 6. The summed E-state index contributed by atoms with van der Waals surface area (Å²) in [4.78, 5) is 21.3. The second kappa shape index (κ2) is 8.84. The van der Waals surface area contributed by atoms with Crippen LogP contribution < -0.4 is 5.32 Å². The first-order valence-electron chi connectivity index (χ1n) is 10.0. The van der Waals surface area contributed by atoms with Crippen LogP contribution in [0, 0.1) is 6.92 Å². The zero-order chi connectivity index (χ0) is 20.1. The molecule has 0 spiro atoms. The van der Waals surface area contributed by atoms with E-state index < -0.39 is 0 Å². The van der Waals surface area contributed by atoms with Crippen LogP contribution in [-0.2, 0) is 11.3 Å². The molecular formula is C21H31N5O2. The van der Waals surface area contributed by atoms with Crippen molar-refractivity contribution in [1.82, 2.24) is 25.3 Å². The Kier molecular flexibility index (Phi) is 6.46. The maximum Gasteiger partial charge on any atom is 0.241 e. The van der Waals surface area contributed by atoms with E-state index in [9.17, 15) is 4.79 Å². The van der Waals surface area contributed by atoms with Crippen molar-refractivity contribution in [1.29, 1.82) is 0 Å². The molecule has 0 aliphatic carbocycles. The number of piperazine rings is 1. The molecule has 1 aromatic carbocycles. The van der Waals surface area contributed by atoms with Crippen molar-refractivity contribution in [2.75, 3.05) is 32.7 Å². The minimum atomic E-state index is -0.147. The average Bonchev–Trinajstić information content (AvgIpc) is 3.11. The summed E-state index contributed by atoms with van der Waals surface area (Å²) < 4.78 is 5.45. The molecule has 0 atom stereocenters. The Morgan fingerprint density at radius 3 is 2.54 bits per heavy atom. The molecule has 7 heteroatoms. The number of aromatic nitrogens is 2. The van der Waals surface area contributed by atoms with Crippen LogP contribution in [0.3, 0.4) is 0 Å². The SMILES string of the molecule is CCC(C)(C)NC(=O)CN1CCN(Cc2nc(-c3ccccc3C)no2)CC1. The smallest absolute Gasteiger partial charge is 0.241 e. The van der Waals surface area contributed by atoms with Crippen molar-refractivity contribution in [3.8, 4) is 11.4 Å². The van der Waals surface area contributed by atoms with Crippen LogP contribution in [0.25, 0.3) is 11.4 Å². The molecule has 3 rings (SSSR count). The molecule has 1 saturated heterocycles. The van der Waals surface area contributed by atoms with Crippen LogP contribution in [0.1, 0.15) is 38.6 Å². The molecule has 28 heavy (non-hydrogen) atoms. The number of aryl methyl sites for hydroxylation is 1.